The van der Waals surface area contributed by atoms with E-state index < -0.39 is 5.41 Å². The normalized spacial score (nSPS) is 16.2. The largest absolute Gasteiger partial charge is 0.386 e. The van der Waals surface area contributed by atoms with Crippen molar-refractivity contribution < 1.29 is 0 Å². The summed E-state index contributed by atoms with van der Waals surface area (Å²) in [6.07, 6.45) is 2.81. The minimum Gasteiger partial charge on any atom is -0.386 e. The van der Waals surface area contributed by atoms with E-state index in [9.17, 15) is 0 Å². The van der Waals surface area contributed by atoms with Crippen LogP contribution in [0.2, 0.25) is 0 Å². The zero-order valence-corrected chi connectivity index (χ0v) is 16.5. The maximum Gasteiger partial charge on any atom is 0.109 e. The van der Waals surface area contributed by atoms with Crippen molar-refractivity contribution in [2.24, 2.45) is 16.5 Å². The number of amidine groups is 1. The molecule has 0 aliphatic heterocycles. The van der Waals surface area contributed by atoms with Gasteiger partial charge in [0.05, 0.1) is 5.41 Å². The molecule has 3 rings (SSSR count). The minimum absolute atomic E-state index is 0.149. The molecule has 0 atom stereocenters. The van der Waals surface area contributed by atoms with Crippen molar-refractivity contribution in [2.45, 2.75) is 58.4 Å². The second-order valence-corrected chi connectivity index (χ2v) is 7.87. The lowest BCUT2D eigenvalue weighted by Crippen LogP contribution is -2.45. The Morgan fingerprint density at radius 1 is 1.00 bits per heavy atom. The van der Waals surface area contributed by atoms with Crippen molar-refractivity contribution in [1.29, 1.82) is 0 Å². The molecule has 4 N–H and O–H groups in total. The topological polar surface area (TPSA) is 64.4 Å². The Kier molecular flexibility index (Phi) is 5.19. The molecule has 138 valence electrons. The SMILES string of the molecule is Cc1ccc2c(c1)CCc1cc(C)ccc1C2(CCN)C(N)=NC(C)C. The van der Waals surface area contributed by atoms with Crippen LogP contribution in [0.5, 0.6) is 0 Å². The Hall–Kier alpha value is -2.13. The number of fused-ring (bicyclic) bond motifs is 2. The molecular formula is C23H31N3. The Bertz CT molecular complexity index is 780. The van der Waals surface area contributed by atoms with Crippen LogP contribution in [-0.4, -0.2) is 18.4 Å². The molecule has 3 nitrogen and oxygen atoms in total. The Morgan fingerprint density at radius 3 is 1.92 bits per heavy atom. The number of aryl methyl sites for hydroxylation is 4. The quantitative estimate of drug-likeness (QED) is 0.651. The van der Waals surface area contributed by atoms with Gasteiger partial charge < -0.3 is 11.5 Å². The first-order valence-electron chi connectivity index (χ1n) is 9.62. The van der Waals surface area contributed by atoms with Crippen molar-refractivity contribution in [3.05, 3.63) is 69.8 Å². The van der Waals surface area contributed by atoms with Crippen molar-refractivity contribution in [1.82, 2.24) is 0 Å². The van der Waals surface area contributed by atoms with Crippen LogP contribution in [0, 0.1) is 13.8 Å². The fourth-order valence-electron chi connectivity index (χ4n) is 4.38. The summed E-state index contributed by atoms with van der Waals surface area (Å²) in [6.45, 7) is 9.02. The van der Waals surface area contributed by atoms with Gasteiger partial charge in [-0.2, -0.15) is 0 Å². The molecule has 0 heterocycles. The molecule has 0 radical (unpaired) electrons. The Labute approximate surface area is 157 Å². The Balaban J connectivity index is 2.39. The monoisotopic (exact) mass is 349 g/mol. The highest BCUT2D eigenvalue weighted by atomic mass is 14.9. The van der Waals surface area contributed by atoms with Crippen LogP contribution in [-0.2, 0) is 18.3 Å². The summed E-state index contributed by atoms with van der Waals surface area (Å²) in [7, 11) is 0. The molecule has 0 aromatic heterocycles. The maximum absolute atomic E-state index is 6.74. The first kappa shape index (κ1) is 18.7. The fraction of sp³-hybridized carbons (Fsp3) is 0.435. The summed E-state index contributed by atoms with van der Waals surface area (Å²) in [4.78, 5) is 4.81. The van der Waals surface area contributed by atoms with Crippen molar-refractivity contribution >= 4 is 5.84 Å². The van der Waals surface area contributed by atoms with Crippen LogP contribution < -0.4 is 11.5 Å². The Morgan fingerprint density at radius 2 is 1.50 bits per heavy atom. The standard InChI is InChI=1S/C23H31N3/c1-15(2)26-22(25)23(11-12-24)20-9-5-16(3)13-18(20)7-8-19-14-17(4)6-10-21(19)23/h5-6,9-10,13-15H,7-8,11-12,24H2,1-4H3,(H2,25,26). The summed E-state index contributed by atoms with van der Waals surface area (Å²) >= 11 is 0. The van der Waals surface area contributed by atoms with Gasteiger partial charge in [-0.3, -0.25) is 4.99 Å². The van der Waals surface area contributed by atoms with Crippen LogP contribution in [0.3, 0.4) is 0 Å². The molecule has 0 amide bonds. The van der Waals surface area contributed by atoms with Gasteiger partial charge in [0, 0.05) is 6.04 Å². The van der Waals surface area contributed by atoms with Gasteiger partial charge in [-0.25, -0.2) is 0 Å². The lowest BCUT2D eigenvalue weighted by atomic mass is 9.69. The lowest BCUT2D eigenvalue weighted by Gasteiger charge is -2.36. The summed E-state index contributed by atoms with van der Waals surface area (Å²) in [5.74, 6) is 0.690. The van der Waals surface area contributed by atoms with Crippen molar-refractivity contribution in [2.75, 3.05) is 6.54 Å². The number of hydrogen-bond donors (Lipinski definition) is 2. The number of hydrogen-bond acceptors (Lipinski definition) is 2. The maximum atomic E-state index is 6.74. The predicted octanol–water partition coefficient (Wildman–Crippen LogP) is 3.80. The second-order valence-electron chi connectivity index (χ2n) is 7.87. The second kappa shape index (κ2) is 7.24. The van der Waals surface area contributed by atoms with Crippen LogP contribution in [0.1, 0.15) is 53.6 Å². The number of benzene rings is 2. The van der Waals surface area contributed by atoms with E-state index in [1.165, 1.54) is 33.4 Å². The number of nitrogens with zero attached hydrogens (tertiary/aromatic N) is 1. The molecule has 0 bridgehead atoms. The highest BCUT2D eigenvalue weighted by molar-refractivity contribution is 5.96. The van der Waals surface area contributed by atoms with Crippen molar-refractivity contribution in [3.63, 3.8) is 0 Å². The van der Waals surface area contributed by atoms with E-state index in [2.05, 4.69) is 64.1 Å². The summed E-state index contributed by atoms with van der Waals surface area (Å²) in [5.41, 5.74) is 20.3. The molecular weight excluding hydrogens is 318 g/mol. The van der Waals surface area contributed by atoms with E-state index in [1.54, 1.807) is 0 Å². The smallest absolute Gasteiger partial charge is 0.109 e. The number of nitrogens with two attached hydrogens (primary N) is 2. The first-order chi connectivity index (χ1) is 12.4. The molecule has 0 saturated heterocycles. The van der Waals surface area contributed by atoms with E-state index >= 15 is 0 Å². The van der Waals surface area contributed by atoms with E-state index in [0.717, 1.165) is 19.3 Å². The molecule has 1 aliphatic carbocycles. The van der Waals surface area contributed by atoms with E-state index in [1.807, 2.05) is 0 Å². The lowest BCUT2D eigenvalue weighted by molar-refractivity contribution is 0.608. The fourth-order valence-corrected chi connectivity index (χ4v) is 4.38. The average Bonchev–Trinajstić information content (AvgIpc) is 2.70. The molecule has 3 heteroatoms. The highest BCUT2D eigenvalue weighted by Gasteiger charge is 2.42. The van der Waals surface area contributed by atoms with Gasteiger partial charge >= 0.3 is 0 Å². The zero-order valence-electron chi connectivity index (χ0n) is 16.5. The zero-order chi connectivity index (χ0) is 18.9. The molecule has 1 aliphatic rings. The molecule has 2 aromatic carbocycles. The van der Waals surface area contributed by atoms with Gasteiger partial charge in [-0.1, -0.05) is 47.5 Å². The van der Waals surface area contributed by atoms with Gasteiger partial charge in [-0.05, 0) is 75.8 Å². The van der Waals surface area contributed by atoms with Gasteiger partial charge in [0.15, 0.2) is 0 Å². The minimum atomic E-state index is -0.443. The first-order valence-corrected chi connectivity index (χ1v) is 9.62. The average molecular weight is 350 g/mol. The third kappa shape index (κ3) is 3.16. The van der Waals surface area contributed by atoms with Gasteiger partial charge in [-0.15, -0.1) is 0 Å². The molecule has 0 spiro atoms. The third-order valence-electron chi connectivity index (χ3n) is 5.46. The van der Waals surface area contributed by atoms with Crippen LogP contribution in [0.25, 0.3) is 0 Å². The predicted molar refractivity (Wildman–Crippen MR) is 111 cm³/mol. The number of aliphatic imine (C=N–C) groups is 1. The molecule has 0 fully saturated rings. The molecule has 26 heavy (non-hydrogen) atoms. The third-order valence-corrected chi connectivity index (χ3v) is 5.46. The highest BCUT2D eigenvalue weighted by Crippen LogP contribution is 2.43. The summed E-state index contributed by atoms with van der Waals surface area (Å²) in [5, 5.41) is 0. The summed E-state index contributed by atoms with van der Waals surface area (Å²) in [6, 6.07) is 13.6. The van der Waals surface area contributed by atoms with Crippen molar-refractivity contribution in [3.8, 4) is 0 Å². The molecule has 2 aromatic rings. The van der Waals surface area contributed by atoms with E-state index in [4.69, 9.17) is 16.5 Å². The molecule has 0 unspecified atom stereocenters. The van der Waals surface area contributed by atoms with Crippen LogP contribution >= 0.6 is 0 Å². The van der Waals surface area contributed by atoms with Gasteiger partial charge in [0.25, 0.3) is 0 Å². The van der Waals surface area contributed by atoms with Crippen LogP contribution in [0.4, 0.5) is 0 Å². The number of rotatable bonds is 4. The van der Waals surface area contributed by atoms with Crippen LogP contribution in [0.15, 0.2) is 41.4 Å². The van der Waals surface area contributed by atoms with E-state index in [0.29, 0.717) is 12.4 Å². The van der Waals surface area contributed by atoms with E-state index in [-0.39, 0.29) is 6.04 Å². The van der Waals surface area contributed by atoms with Gasteiger partial charge in [0.2, 0.25) is 0 Å². The van der Waals surface area contributed by atoms with Gasteiger partial charge in [0.1, 0.15) is 5.84 Å². The summed E-state index contributed by atoms with van der Waals surface area (Å²) < 4.78 is 0. The molecule has 0 saturated carbocycles.